The highest BCUT2D eigenvalue weighted by Gasteiger charge is 2.20. The van der Waals surface area contributed by atoms with Crippen LogP contribution in [0.1, 0.15) is 17.0 Å². The molecule has 0 spiro atoms. The molecule has 8 heteroatoms. The quantitative estimate of drug-likeness (QED) is 0.810. The van der Waals surface area contributed by atoms with Crippen LogP contribution in [0, 0.1) is 20.8 Å². The Morgan fingerprint density at radius 1 is 1.19 bits per heavy atom. The van der Waals surface area contributed by atoms with Gasteiger partial charge in [-0.05, 0) is 32.9 Å². The van der Waals surface area contributed by atoms with E-state index in [1.54, 1.807) is 11.6 Å². The molecule has 27 heavy (non-hydrogen) atoms. The van der Waals surface area contributed by atoms with E-state index in [9.17, 15) is 9.59 Å². The summed E-state index contributed by atoms with van der Waals surface area (Å²) < 4.78 is 16.8. The Morgan fingerprint density at radius 3 is 2.59 bits per heavy atom. The molecule has 0 unspecified atom stereocenters. The molecule has 8 nitrogen and oxygen atoms in total. The first-order valence-corrected chi connectivity index (χ1v) is 8.50. The Labute approximate surface area is 156 Å². The van der Waals surface area contributed by atoms with Crippen LogP contribution in [-0.2, 0) is 23.8 Å². The molecule has 1 aliphatic heterocycles. The van der Waals surface area contributed by atoms with Crippen molar-refractivity contribution in [2.24, 2.45) is 0 Å². The maximum atomic E-state index is 12.2. The van der Waals surface area contributed by atoms with Crippen molar-refractivity contribution in [3.05, 3.63) is 53.2 Å². The van der Waals surface area contributed by atoms with Crippen LogP contribution in [0.4, 0.5) is 5.69 Å². The molecule has 3 rings (SSSR count). The minimum absolute atomic E-state index is 0.0476. The number of amides is 1. The Balaban J connectivity index is 1.65. The lowest BCUT2D eigenvalue weighted by Gasteiger charge is -2.14. The van der Waals surface area contributed by atoms with Gasteiger partial charge in [-0.3, -0.25) is 4.79 Å². The minimum Gasteiger partial charge on any atom is -0.493 e. The molecule has 0 atom stereocenters. The summed E-state index contributed by atoms with van der Waals surface area (Å²) in [5.41, 5.74) is 4.09. The number of nitrogens with one attached hydrogen (secondary N) is 1. The van der Waals surface area contributed by atoms with Gasteiger partial charge in [-0.25, -0.2) is 9.48 Å². The molecule has 2 heterocycles. The average Bonchev–Trinajstić information content (AvgIpc) is 2.95. The third-order valence-electron chi connectivity index (χ3n) is 4.02. The van der Waals surface area contributed by atoms with Gasteiger partial charge in [0, 0.05) is 0 Å². The second-order valence-electron chi connectivity index (χ2n) is 6.12. The molecule has 0 saturated carbocycles. The number of carbonyl (C=O) groups is 2. The smallest absolute Gasteiger partial charge is 0.377 e. The van der Waals surface area contributed by atoms with E-state index >= 15 is 0 Å². The van der Waals surface area contributed by atoms with E-state index < -0.39 is 18.5 Å². The zero-order chi connectivity index (χ0) is 19.4. The predicted octanol–water partition coefficient (Wildman–Crippen LogP) is 2.17. The van der Waals surface area contributed by atoms with Crippen molar-refractivity contribution < 1.29 is 23.8 Å². The van der Waals surface area contributed by atoms with Crippen LogP contribution in [0.2, 0.25) is 0 Å². The number of ether oxygens (including phenoxy) is 3. The van der Waals surface area contributed by atoms with E-state index in [-0.39, 0.29) is 12.4 Å². The lowest BCUT2D eigenvalue weighted by atomic mass is 10.2. The summed E-state index contributed by atoms with van der Waals surface area (Å²) >= 11 is 0. The van der Waals surface area contributed by atoms with Gasteiger partial charge in [0.2, 0.25) is 5.76 Å². The minimum atomic E-state index is -0.742. The summed E-state index contributed by atoms with van der Waals surface area (Å²) in [5, 5.41) is 7.23. The molecule has 2 aromatic rings. The molecule has 0 fully saturated rings. The Hall–Kier alpha value is -3.29. The molecule has 0 aliphatic carbocycles. The molecule has 1 N–H and O–H groups in total. The second kappa shape index (κ2) is 7.94. The number of esters is 1. The summed E-state index contributed by atoms with van der Waals surface area (Å²) in [6.07, 6.45) is 1.18. The number of nitrogens with zero attached hydrogens (tertiary/aromatic N) is 2. The fraction of sp³-hybridized carbons (Fsp3) is 0.316. The molecule has 1 aromatic carbocycles. The lowest BCUT2D eigenvalue weighted by molar-refractivity contribution is -0.148. The summed E-state index contributed by atoms with van der Waals surface area (Å²) in [6.45, 7) is 5.88. The highest BCUT2D eigenvalue weighted by Crippen LogP contribution is 2.23. The van der Waals surface area contributed by atoms with Gasteiger partial charge >= 0.3 is 5.97 Å². The van der Waals surface area contributed by atoms with Crippen molar-refractivity contribution in [2.75, 3.05) is 25.1 Å². The number of hydrogen-bond acceptors (Lipinski definition) is 6. The van der Waals surface area contributed by atoms with E-state index in [1.165, 1.54) is 6.26 Å². The molecule has 1 aromatic heterocycles. The van der Waals surface area contributed by atoms with Gasteiger partial charge < -0.3 is 19.5 Å². The van der Waals surface area contributed by atoms with Crippen molar-refractivity contribution >= 4 is 17.6 Å². The predicted molar refractivity (Wildman–Crippen MR) is 97.4 cm³/mol. The van der Waals surface area contributed by atoms with Crippen LogP contribution < -0.4 is 5.32 Å². The molecule has 0 bridgehead atoms. The van der Waals surface area contributed by atoms with E-state index in [2.05, 4.69) is 10.4 Å². The van der Waals surface area contributed by atoms with Gasteiger partial charge in [-0.15, -0.1) is 0 Å². The molecule has 1 aliphatic rings. The highest BCUT2D eigenvalue weighted by molar-refractivity contribution is 5.95. The number of rotatable bonds is 5. The zero-order valence-corrected chi connectivity index (χ0v) is 15.4. The van der Waals surface area contributed by atoms with Crippen molar-refractivity contribution in [3.8, 4) is 5.69 Å². The normalized spacial score (nSPS) is 13.2. The fourth-order valence-corrected chi connectivity index (χ4v) is 2.61. The molecular weight excluding hydrogens is 350 g/mol. The summed E-state index contributed by atoms with van der Waals surface area (Å²) in [6, 6.07) is 7.91. The third-order valence-corrected chi connectivity index (χ3v) is 4.02. The van der Waals surface area contributed by atoms with E-state index in [1.807, 2.05) is 38.1 Å². The van der Waals surface area contributed by atoms with Gasteiger partial charge in [-0.1, -0.05) is 17.7 Å². The number of aromatic nitrogens is 2. The number of aryl methyl sites for hydroxylation is 2. The molecule has 0 radical (unpaired) electrons. The average molecular weight is 371 g/mol. The summed E-state index contributed by atoms with van der Waals surface area (Å²) in [4.78, 5) is 24.0. The highest BCUT2D eigenvalue weighted by atomic mass is 16.6. The van der Waals surface area contributed by atoms with E-state index in [4.69, 9.17) is 14.2 Å². The lowest BCUT2D eigenvalue weighted by Crippen LogP contribution is -2.24. The first-order chi connectivity index (χ1) is 13.0. The monoisotopic (exact) mass is 371 g/mol. The van der Waals surface area contributed by atoms with Gasteiger partial charge in [0.15, 0.2) is 6.61 Å². The Kier molecular flexibility index (Phi) is 5.44. The number of carbonyl (C=O) groups excluding carboxylic acids is 2. The van der Waals surface area contributed by atoms with Crippen LogP contribution in [0.5, 0.6) is 0 Å². The maximum Gasteiger partial charge on any atom is 0.377 e. The Morgan fingerprint density at radius 2 is 1.93 bits per heavy atom. The molecule has 1 amide bonds. The topological polar surface area (TPSA) is 91.7 Å². The molecule has 0 saturated heterocycles. The number of hydrogen-bond donors (Lipinski definition) is 1. The SMILES string of the molecule is Cc1ccc(-n2nc(C)c(NC(=O)COC(=O)C3=COCCO3)c2C)cc1. The third kappa shape index (κ3) is 4.28. The first kappa shape index (κ1) is 18.5. The fourth-order valence-electron chi connectivity index (χ4n) is 2.61. The van der Waals surface area contributed by atoms with Crippen LogP contribution >= 0.6 is 0 Å². The van der Waals surface area contributed by atoms with Crippen LogP contribution in [0.15, 0.2) is 36.3 Å². The molecular formula is C19H21N3O5. The molecule has 142 valence electrons. The first-order valence-electron chi connectivity index (χ1n) is 8.50. The van der Waals surface area contributed by atoms with Crippen LogP contribution in [0.25, 0.3) is 5.69 Å². The summed E-state index contributed by atoms with van der Waals surface area (Å²) in [5.74, 6) is -1.25. The zero-order valence-electron chi connectivity index (χ0n) is 15.4. The van der Waals surface area contributed by atoms with Gasteiger partial charge in [0.25, 0.3) is 5.91 Å². The van der Waals surface area contributed by atoms with Gasteiger partial charge in [-0.2, -0.15) is 5.10 Å². The number of anilines is 1. The number of benzene rings is 1. The van der Waals surface area contributed by atoms with Crippen molar-refractivity contribution in [1.29, 1.82) is 0 Å². The van der Waals surface area contributed by atoms with Gasteiger partial charge in [0.1, 0.15) is 19.5 Å². The van der Waals surface area contributed by atoms with Crippen LogP contribution in [-0.4, -0.2) is 41.5 Å². The van der Waals surface area contributed by atoms with Crippen molar-refractivity contribution in [1.82, 2.24) is 9.78 Å². The van der Waals surface area contributed by atoms with E-state index in [0.717, 1.165) is 16.9 Å². The maximum absolute atomic E-state index is 12.2. The largest absolute Gasteiger partial charge is 0.493 e. The summed E-state index contributed by atoms with van der Waals surface area (Å²) in [7, 11) is 0. The van der Waals surface area contributed by atoms with Crippen molar-refractivity contribution in [2.45, 2.75) is 20.8 Å². The van der Waals surface area contributed by atoms with Gasteiger partial charge in [0.05, 0.1) is 22.8 Å². The second-order valence-corrected chi connectivity index (χ2v) is 6.12. The van der Waals surface area contributed by atoms with Crippen molar-refractivity contribution in [3.63, 3.8) is 0 Å². The standard InChI is InChI=1S/C19H21N3O5/c1-12-4-6-15(7-5-12)22-14(3)18(13(2)21-22)20-17(23)11-27-19(24)16-10-25-8-9-26-16/h4-7,10H,8-9,11H2,1-3H3,(H,20,23). The Bertz CT molecular complexity index is 883. The van der Waals surface area contributed by atoms with E-state index in [0.29, 0.717) is 18.0 Å². The van der Waals surface area contributed by atoms with Crippen LogP contribution in [0.3, 0.4) is 0 Å².